The van der Waals surface area contributed by atoms with Crippen LogP contribution >= 0.6 is 0 Å². The molecule has 132 valence electrons. The number of hydrogen-bond acceptors (Lipinski definition) is 4. The second-order valence-electron chi connectivity index (χ2n) is 6.02. The van der Waals surface area contributed by atoms with E-state index in [2.05, 4.69) is 29.9 Å². The predicted octanol–water partition coefficient (Wildman–Crippen LogP) is 4.65. The highest BCUT2D eigenvalue weighted by Crippen LogP contribution is 2.33. The van der Waals surface area contributed by atoms with Crippen LogP contribution in [0.4, 0.5) is 0 Å². The van der Waals surface area contributed by atoms with Crippen LogP contribution in [0.1, 0.15) is 29.4 Å². The van der Waals surface area contributed by atoms with Gasteiger partial charge in [0.2, 0.25) is 0 Å². The van der Waals surface area contributed by atoms with E-state index in [0.29, 0.717) is 29.5 Å². The quantitative estimate of drug-likeness (QED) is 0.682. The van der Waals surface area contributed by atoms with Crippen LogP contribution in [0.25, 0.3) is 22.7 Å². The molecule has 0 atom stereocenters. The van der Waals surface area contributed by atoms with E-state index in [0.717, 1.165) is 16.6 Å². The number of methoxy groups -OCH3 is 1. The number of fused-ring (bicyclic) bond motifs is 1. The van der Waals surface area contributed by atoms with Crippen molar-refractivity contribution in [3.8, 4) is 17.6 Å². The van der Waals surface area contributed by atoms with Crippen LogP contribution < -0.4 is 9.47 Å². The summed E-state index contributed by atoms with van der Waals surface area (Å²) in [6.07, 6.45) is 1.77. The molecule has 0 unspecified atom stereocenters. The number of ether oxygens (including phenoxy) is 2. The molecule has 0 amide bonds. The van der Waals surface area contributed by atoms with Crippen molar-refractivity contribution in [2.24, 2.45) is 0 Å². The van der Waals surface area contributed by atoms with Gasteiger partial charge in [0.1, 0.15) is 11.9 Å². The third kappa shape index (κ3) is 3.27. The summed E-state index contributed by atoms with van der Waals surface area (Å²) in [4.78, 5) is 7.82. The molecule has 0 saturated heterocycles. The zero-order valence-electron chi connectivity index (χ0n) is 15.4. The number of imidazole rings is 1. The highest BCUT2D eigenvalue weighted by molar-refractivity contribution is 5.91. The molecular weight excluding hydrogens is 326 g/mol. The standard InChI is InChI=1S/C21H21N3O2/c1-5-26-20-15(7-6-8-19(20)25-4)11-16(12-22)21-23-17-9-13(2)14(3)10-18(17)24-21/h6-11H,5H2,1-4H3,(H,23,24)/b16-11-. The van der Waals surface area contributed by atoms with E-state index in [1.54, 1.807) is 13.2 Å². The molecule has 1 aromatic heterocycles. The Balaban J connectivity index is 2.11. The molecule has 3 rings (SSSR count). The van der Waals surface area contributed by atoms with Gasteiger partial charge in [0.15, 0.2) is 11.5 Å². The van der Waals surface area contributed by atoms with Crippen LogP contribution in [0.15, 0.2) is 30.3 Å². The third-order valence-electron chi connectivity index (χ3n) is 4.29. The lowest BCUT2D eigenvalue weighted by molar-refractivity contribution is 0.310. The summed E-state index contributed by atoms with van der Waals surface area (Å²) in [6.45, 7) is 6.52. The van der Waals surface area contributed by atoms with Gasteiger partial charge in [-0.25, -0.2) is 4.98 Å². The Hall–Kier alpha value is -3.26. The molecule has 0 aliphatic heterocycles. The molecular formula is C21H21N3O2. The summed E-state index contributed by atoms with van der Waals surface area (Å²) < 4.78 is 11.1. The van der Waals surface area contributed by atoms with Crippen molar-refractivity contribution >= 4 is 22.7 Å². The summed E-state index contributed by atoms with van der Waals surface area (Å²) in [5, 5.41) is 9.67. The van der Waals surface area contributed by atoms with Crippen molar-refractivity contribution in [2.45, 2.75) is 20.8 Å². The first kappa shape index (κ1) is 17.6. The summed E-state index contributed by atoms with van der Waals surface area (Å²) >= 11 is 0. The average molecular weight is 347 g/mol. The molecule has 0 aliphatic carbocycles. The Morgan fingerprint density at radius 3 is 2.73 bits per heavy atom. The topological polar surface area (TPSA) is 70.9 Å². The minimum absolute atomic E-state index is 0.436. The van der Waals surface area contributed by atoms with Gasteiger partial charge in [-0.15, -0.1) is 0 Å². The molecule has 3 aromatic rings. The van der Waals surface area contributed by atoms with Crippen molar-refractivity contribution in [1.82, 2.24) is 9.97 Å². The largest absolute Gasteiger partial charge is 0.493 e. The van der Waals surface area contributed by atoms with E-state index in [-0.39, 0.29) is 0 Å². The van der Waals surface area contributed by atoms with Crippen LogP contribution in [-0.2, 0) is 0 Å². The van der Waals surface area contributed by atoms with Gasteiger partial charge in [0, 0.05) is 5.56 Å². The summed E-state index contributed by atoms with van der Waals surface area (Å²) in [5.74, 6) is 1.79. The van der Waals surface area contributed by atoms with Gasteiger partial charge in [-0.1, -0.05) is 12.1 Å². The summed E-state index contributed by atoms with van der Waals surface area (Å²) in [5.41, 5.74) is 5.33. The molecule has 5 heteroatoms. The molecule has 0 bridgehead atoms. The van der Waals surface area contributed by atoms with Gasteiger partial charge in [-0.2, -0.15) is 5.26 Å². The van der Waals surface area contributed by atoms with Gasteiger partial charge in [0.25, 0.3) is 0 Å². The van der Waals surface area contributed by atoms with Crippen molar-refractivity contribution in [3.05, 3.63) is 52.8 Å². The number of aryl methyl sites for hydroxylation is 2. The molecule has 1 heterocycles. The van der Waals surface area contributed by atoms with E-state index in [1.807, 2.05) is 37.3 Å². The van der Waals surface area contributed by atoms with Gasteiger partial charge >= 0.3 is 0 Å². The smallest absolute Gasteiger partial charge is 0.168 e. The monoisotopic (exact) mass is 347 g/mol. The lowest BCUT2D eigenvalue weighted by atomic mass is 10.1. The first-order valence-electron chi connectivity index (χ1n) is 8.46. The van der Waals surface area contributed by atoms with Crippen molar-refractivity contribution in [2.75, 3.05) is 13.7 Å². The van der Waals surface area contributed by atoms with Crippen LogP contribution in [0.5, 0.6) is 11.5 Å². The number of nitriles is 1. The fourth-order valence-electron chi connectivity index (χ4n) is 2.81. The van der Waals surface area contributed by atoms with E-state index in [9.17, 15) is 5.26 Å². The minimum Gasteiger partial charge on any atom is -0.493 e. The molecule has 0 saturated carbocycles. The SMILES string of the molecule is CCOc1c(/C=C(/C#N)c2nc3cc(C)c(C)cc3[nH]2)cccc1OC. The maximum absolute atomic E-state index is 9.67. The number of aromatic nitrogens is 2. The summed E-state index contributed by atoms with van der Waals surface area (Å²) in [6, 6.07) is 11.9. The fraction of sp³-hybridized carbons (Fsp3) is 0.238. The lowest BCUT2D eigenvalue weighted by Gasteiger charge is -2.12. The highest BCUT2D eigenvalue weighted by Gasteiger charge is 2.13. The Morgan fingerprint density at radius 1 is 1.27 bits per heavy atom. The molecule has 0 aliphatic rings. The van der Waals surface area contributed by atoms with Gasteiger partial charge in [0.05, 0.1) is 30.3 Å². The average Bonchev–Trinajstić information content (AvgIpc) is 3.03. The minimum atomic E-state index is 0.436. The van der Waals surface area contributed by atoms with Crippen LogP contribution in [0.2, 0.25) is 0 Å². The molecule has 26 heavy (non-hydrogen) atoms. The van der Waals surface area contributed by atoms with Gasteiger partial charge in [-0.05, 0) is 56.2 Å². The van der Waals surface area contributed by atoms with E-state index >= 15 is 0 Å². The van der Waals surface area contributed by atoms with Crippen molar-refractivity contribution in [3.63, 3.8) is 0 Å². The Kier molecular flexibility index (Phi) is 4.94. The van der Waals surface area contributed by atoms with E-state index in [1.165, 1.54) is 11.1 Å². The third-order valence-corrected chi connectivity index (χ3v) is 4.29. The predicted molar refractivity (Wildman–Crippen MR) is 103 cm³/mol. The van der Waals surface area contributed by atoms with E-state index in [4.69, 9.17) is 9.47 Å². The molecule has 0 radical (unpaired) electrons. The molecule has 2 aromatic carbocycles. The van der Waals surface area contributed by atoms with Crippen molar-refractivity contribution < 1.29 is 9.47 Å². The first-order chi connectivity index (χ1) is 12.6. The highest BCUT2D eigenvalue weighted by atomic mass is 16.5. The molecule has 5 nitrogen and oxygen atoms in total. The number of nitrogens with one attached hydrogen (secondary N) is 1. The lowest BCUT2D eigenvalue weighted by Crippen LogP contribution is -1.98. The Morgan fingerprint density at radius 2 is 2.04 bits per heavy atom. The molecule has 0 fully saturated rings. The number of nitrogens with zero attached hydrogens (tertiary/aromatic N) is 2. The molecule has 1 N–H and O–H groups in total. The zero-order valence-corrected chi connectivity index (χ0v) is 15.4. The van der Waals surface area contributed by atoms with Crippen LogP contribution in [-0.4, -0.2) is 23.7 Å². The van der Waals surface area contributed by atoms with Gasteiger partial charge in [-0.3, -0.25) is 0 Å². The van der Waals surface area contributed by atoms with E-state index < -0.39 is 0 Å². The van der Waals surface area contributed by atoms with Gasteiger partial charge < -0.3 is 14.5 Å². The maximum Gasteiger partial charge on any atom is 0.168 e. The number of H-pyrrole nitrogens is 1. The normalized spacial score (nSPS) is 11.4. The zero-order chi connectivity index (χ0) is 18.7. The van der Waals surface area contributed by atoms with Crippen LogP contribution in [0, 0.1) is 25.2 Å². The molecule has 0 spiro atoms. The number of allylic oxidation sites excluding steroid dienone is 1. The fourth-order valence-corrected chi connectivity index (χ4v) is 2.81. The number of rotatable bonds is 5. The number of para-hydroxylation sites is 1. The first-order valence-corrected chi connectivity index (χ1v) is 8.46. The van der Waals surface area contributed by atoms with Crippen LogP contribution in [0.3, 0.4) is 0 Å². The Labute approximate surface area is 152 Å². The maximum atomic E-state index is 9.67. The second kappa shape index (κ2) is 7.32. The second-order valence-corrected chi connectivity index (χ2v) is 6.02. The van der Waals surface area contributed by atoms with Crippen molar-refractivity contribution in [1.29, 1.82) is 5.26 Å². The summed E-state index contributed by atoms with van der Waals surface area (Å²) in [7, 11) is 1.60. The Bertz CT molecular complexity index is 987. The number of aromatic amines is 1. The number of hydrogen-bond donors (Lipinski definition) is 1. The number of benzene rings is 2.